The second kappa shape index (κ2) is 15.3. The summed E-state index contributed by atoms with van der Waals surface area (Å²) in [5.41, 5.74) is 19.8. The number of fused-ring (bicyclic) bond motifs is 6. The normalized spacial score (nSPS) is 17.2. The third kappa shape index (κ3) is 6.09. The highest BCUT2D eigenvalue weighted by Gasteiger charge is 2.47. The molecule has 12 rings (SSSR count). The van der Waals surface area contributed by atoms with Crippen LogP contribution in [0.3, 0.4) is 0 Å². The van der Waals surface area contributed by atoms with Gasteiger partial charge in [0.25, 0.3) is 0 Å². The molecule has 0 N–H and O–H groups in total. The van der Waals surface area contributed by atoms with Crippen LogP contribution in [0.2, 0.25) is 0 Å². The van der Waals surface area contributed by atoms with Crippen molar-refractivity contribution in [3.05, 3.63) is 270 Å². The highest BCUT2D eigenvalue weighted by atomic mass is 15.1. The van der Waals surface area contributed by atoms with E-state index >= 15 is 0 Å². The molecule has 0 spiro atoms. The summed E-state index contributed by atoms with van der Waals surface area (Å²) < 4.78 is 2.42. The lowest BCUT2D eigenvalue weighted by atomic mass is 9.66. The Hall–Kier alpha value is -7.68. The van der Waals surface area contributed by atoms with Crippen molar-refractivity contribution in [3.8, 4) is 27.9 Å². The molecule has 3 aliphatic rings. The molecule has 1 aromatic heterocycles. The largest absolute Gasteiger partial charge is 0.310 e. The highest BCUT2D eigenvalue weighted by molar-refractivity contribution is 5.92. The third-order valence-electron chi connectivity index (χ3n) is 13.7. The monoisotopic (exact) mass is 806 g/mol. The van der Waals surface area contributed by atoms with Crippen LogP contribution in [-0.4, -0.2) is 4.57 Å². The molecule has 1 unspecified atom stereocenters. The van der Waals surface area contributed by atoms with E-state index in [9.17, 15) is 0 Å². The average Bonchev–Trinajstić information content (AvgIpc) is 3.86. The molecule has 2 atom stereocenters. The molecule has 300 valence electrons. The third-order valence-corrected chi connectivity index (χ3v) is 13.7. The van der Waals surface area contributed by atoms with Gasteiger partial charge in [0.2, 0.25) is 0 Å². The Balaban J connectivity index is 0.979. The molecule has 0 saturated heterocycles. The molecule has 0 saturated carbocycles. The summed E-state index contributed by atoms with van der Waals surface area (Å²) in [4.78, 5) is 2.45. The number of rotatable bonds is 8. The van der Waals surface area contributed by atoms with Gasteiger partial charge in [0.1, 0.15) is 0 Å². The van der Waals surface area contributed by atoms with E-state index in [4.69, 9.17) is 0 Å². The van der Waals surface area contributed by atoms with E-state index in [-0.39, 0.29) is 5.92 Å². The van der Waals surface area contributed by atoms with Crippen molar-refractivity contribution < 1.29 is 0 Å². The Kier molecular flexibility index (Phi) is 9.04. The molecule has 2 nitrogen and oxygen atoms in total. The van der Waals surface area contributed by atoms with E-state index in [2.05, 4.69) is 246 Å². The molecule has 0 fully saturated rings. The first-order chi connectivity index (χ1) is 31.3. The predicted molar refractivity (Wildman–Crippen MR) is 264 cm³/mol. The molecule has 63 heavy (non-hydrogen) atoms. The van der Waals surface area contributed by atoms with Crippen LogP contribution >= 0.6 is 0 Å². The van der Waals surface area contributed by atoms with Crippen LogP contribution in [0, 0.1) is 0 Å². The van der Waals surface area contributed by atoms with Crippen LogP contribution in [-0.2, 0) is 11.8 Å². The van der Waals surface area contributed by atoms with Crippen molar-refractivity contribution in [2.24, 2.45) is 0 Å². The van der Waals surface area contributed by atoms with E-state index in [1.54, 1.807) is 0 Å². The van der Waals surface area contributed by atoms with Gasteiger partial charge in [-0.2, -0.15) is 0 Å². The molecule has 3 aliphatic carbocycles. The van der Waals surface area contributed by atoms with Gasteiger partial charge in [-0.25, -0.2) is 0 Å². The number of nitrogens with zero attached hydrogens (tertiary/aromatic N) is 2. The van der Waals surface area contributed by atoms with Gasteiger partial charge in [-0.15, -0.1) is 0 Å². The van der Waals surface area contributed by atoms with Crippen molar-refractivity contribution in [1.29, 1.82) is 0 Å². The predicted octanol–water partition coefficient (Wildman–Crippen LogP) is 15.7. The number of allylic oxidation sites excluding steroid dienone is 5. The minimum Gasteiger partial charge on any atom is -0.310 e. The van der Waals surface area contributed by atoms with Gasteiger partial charge < -0.3 is 9.47 Å². The molecule has 0 bridgehead atoms. The molecule has 0 radical (unpaired) electrons. The Morgan fingerprint density at radius 3 is 1.90 bits per heavy atom. The van der Waals surface area contributed by atoms with E-state index in [0.717, 1.165) is 36.3 Å². The summed E-state index contributed by atoms with van der Waals surface area (Å²) in [5, 5.41) is 1.33. The summed E-state index contributed by atoms with van der Waals surface area (Å²) >= 11 is 0. The summed E-state index contributed by atoms with van der Waals surface area (Å²) in [7, 11) is 0. The topological polar surface area (TPSA) is 8.17 Å². The summed E-state index contributed by atoms with van der Waals surface area (Å²) in [6.45, 7) is 0. The van der Waals surface area contributed by atoms with Crippen LogP contribution < -0.4 is 4.90 Å². The van der Waals surface area contributed by atoms with Crippen LogP contribution in [0.15, 0.2) is 236 Å². The molecular formula is C61H46N2. The quantitative estimate of drug-likeness (QED) is 0.148. The van der Waals surface area contributed by atoms with Crippen LogP contribution in [0.25, 0.3) is 44.9 Å². The Morgan fingerprint density at radius 1 is 0.508 bits per heavy atom. The Morgan fingerprint density at radius 2 is 1.14 bits per heavy atom. The van der Waals surface area contributed by atoms with E-state index < -0.39 is 5.41 Å². The lowest BCUT2D eigenvalue weighted by Crippen LogP contribution is -2.29. The van der Waals surface area contributed by atoms with Crippen LogP contribution in [0.4, 0.5) is 17.1 Å². The van der Waals surface area contributed by atoms with Gasteiger partial charge in [-0.05, 0) is 136 Å². The highest BCUT2D eigenvalue weighted by Crippen LogP contribution is 2.58. The number of aromatic nitrogens is 1. The first-order valence-corrected chi connectivity index (χ1v) is 22.3. The smallest absolute Gasteiger partial charge is 0.0711 e. The SMILES string of the molecule is C1=CC([C@]2(c3ccccc3)c3ccccc3-c3ccc(N(c4ccc(-c5ccccc5)cc4)c4ccc(C5C=Cc6c(c7ccccc7n6-c6ccccc6)C5)cc4)cc32)=CCC1. The van der Waals surface area contributed by atoms with Gasteiger partial charge >= 0.3 is 0 Å². The first kappa shape index (κ1) is 37.1. The fourth-order valence-corrected chi connectivity index (χ4v) is 10.8. The molecule has 0 amide bonds. The van der Waals surface area contributed by atoms with Crippen LogP contribution in [0.1, 0.15) is 52.3 Å². The van der Waals surface area contributed by atoms with Crippen molar-refractivity contribution >= 4 is 34.0 Å². The zero-order chi connectivity index (χ0) is 41.7. The van der Waals surface area contributed by atoms with Crippen molar-refractivity contribution in [2.45, 2.75) is 30.6 Å². The maximum Gasteiger partial charge on any atom is 0.0711 e. The molecular weight excluding hydrogens is 761 g/mol. The van der Waals surface area contributed by atoms with Crippen molar-refractivity contribution in [1.82, 2.24) is 4.57 Å². The number of benzene rings is 8. The maximum atomic E-state index is 2.48. The van der Waals surface area contributed by atoms with Crippen molar-refractivity contribution in [3.63, 3.8) is 0 Å². The molecule has 8 aromatic carbocycles. The van der Waals surface area contributed by atoms with Gasteiger partial charge in [0.05, 0.1) is 10.9 Å². The fraction of sp³-hybridized carbons (Fsp3) is 0.0820. The Labute approximate surface area is 370 Å². The van der Waals surface area contributed by atoms with Gasteiger partial charge in [-0.1, -0.05) is 176 Å². The second-order valence-electron chi connectivity index (χ2n) is 17.1. The summed E-state index contributed by atoms with van der Waals surface area (Å²) in [5.74, 6) is 0.266. The Bertz CT molecular complexity index is 3220. The molecule has 9 aromatic rings. The minimum atomic E-state index is -0.442. The zero-order valence-electron chi connectivity index (χ0n) is 35.1. The average molecular weight is 807 g/mol. The first-order valence-electron chi connectivity index (χ1n) is 22.3. The fourth-order valence-electron chi connectivity index (χ4n) is 10.8. The maximum absolute atomic E-state index is 2.48. The number of hydrogen-bond acceptors (Lipinski definition) is 1. The molecule has 2 heteroatoms. The summed E-state index contributed by atoms with van der Waals surface area (Å²) in [6, 6.07) is 76.2. The van der Waals surface area contributed by atoms with Gasteiger partial charge in [0, 0.05) is 39.7 Å². The second-order valence-corrected chi connectivity index (χ2v) is 17.1. The standard InChI is InChI=1S/C61H46N2/c1-5-17-43(18-6-1)44-29-34-50(35-30-44)62(51-36-31-45(32-37-51)46-33-40-60-56(41-46)55-26-14-16-28-59(55)63(60)49-23-11-4-12-24-49)52-38-39-54-53-25-13-15-27-57(53)61(58(54)42-52,47-19-7-2-8-20-47)48-21-9-3-10-22-48/h1-2,4-9,11-40,42,46H,3,10,41H2/t46?,61-/m1/s1. The number of hydrogen-bond donors (Lipinski definition) is 0. The lowest BCUT2D eigenvalue weighted by molar-refractivity contribution is 0.751. The van der Waals surface area contributed by atoms with E-state index in [1.165, 1.54) is 77.9 Å². The van der Waals surface area contributed by atoms with Crippen molar-refractivity contribution in [2.75, 3.05) is 4.90 Å². The lowest BCUT2D eigenvalue weighted by Gasteiger charge is -2.36. The number of anilines is 3. The van der Waals surface area contributed by atoms with Gasteiger partial charge in [-0.3, -0.25) is 0 Å². The molecule has 1 heterocycles. The zero-order valence-corrected chi connectivity index (χ0v) is 35.1. The van der Waals surface area contributed by atoms with Crippen LogP contribution in [0.5, 0.6) is 0 Å². The van der Waals surface area contributed by atoms with E-state index in [0.29, 0.717) is 0 Å². The summed E-state index contributed by atoms with van der Waals surface area (Å²) in [6.07, 6.45) is 15.0. The van der Waals surface area contributed by atoms with E-state index in [1.807, 2.05) is 0 Å². The minimum absolute atomic E-state index is 0.266. The van der Waals surface area contributed by atoms with Gasteiger partial charge in [0.15, 0.2) is 0 Å². The number of para-hydroxylation sites is 2. The molecule has 0 aliphatic heterocycles.